The van der Waals surface area contributed by atoms with Gasteiger partial charge in [0.2, 0.25) is 0 Å². The van der Waals surface area contributed by atoms with Crippen LogP contribution in [0.3, 0.4) is 0 Å². The Hall–Kier alpha value is -3.91. The van der Waals surface area contributed by atoms with Gasteiger partial charge in [-0.3, -0.25) is 5.10 Å². The van der Waals surface area contributed by atoms with Gasteiger partial charge in [0, 0.05) is 39.7 Å². The number of allylic oxidation sites excluding steroid dienone is 2. The van der Waals surface area contributed by atoms with Gasteiger partial charge in [-0.05, 0) is 30.5 Å². The van der Waals surface area contributed by atoms with Crippen LogP contribution in [0.15, 0.2) is 67.1 Å². The van der Waals surface area contributed by atoms with Gasteiger partial charge >= 0.3 is 0 Å². The van der Waals surface area contributed by atoms with Crippen molar-refractivity contribution in [1.29, 1.82) is 0 Å². The molecule has 5 aromatic rings. The van der Waals surface area contributed by atoms with Crippen LogP contribution in [-0.4, -0.2) is 30.1 Å². The quantitative estimate of drug-likeness (QED) is 0.360. The summed E-state index contributed by atoms with van der Waals surface area (Å²) in [4.78, 5) is 17.1. The number of hydrogen-bond acceptors (Lipinski definition) is 5. The number of H-pyrrole nitrogens is 2. The number of halogens is 1. The molecule has 5 rings (SSSR count). The van der Waals surface area contributed by atoms with Crippen LogP contribution in [0, 0.1) is 12.7 Å². The van der Waals surface area contributed by atoms with E-state index in [0.29, 0.717) is 33.5 Å². The number of thiophene rings is 1. The molecule has 0 aliphatic rings. The maximum Gasteiger partial charge on any atom is 0.159 e. The van der Waals surface area contributed by atoms with E-state index in [1.807, 2.05) is 30.5 Å². The van der Waals surface area contributed by atoms with Crippen molar-refractivity contribution in [1.82, 2.24) is 30.1 Å². The third kappa shape index (κ3) is 3.27. The molecular weight excluding hydrogens is 411 g/mol. The van der Waals surface area contributed by atoms with E-state index in [-0.39, 0.29) is 0 Å². The molecule has 0 atom stereocenters. The zero-order valence-electron chi connectivity index (χ0n) is 16.6. The lowest BCUT2D eigenvalue weighted by atomic mass is 10.0. The van der Waals surface area contributed by atoms with Gasteiger partial charge in [-0.2, -0.15) is 5.10 Å². The molecule has 0 spiro atoms. The minimum atomic E-state index is -0.397. The van der Waals surface area contributed by atoms with Gasteiger partial charge in [-0.25, -0.2) is 19.3 Å². The molecule has 4 heterocycles. The van der Waals surface area contributed by atoms with Crippen LogP contribution in [0.4, 0.5) is 4.39 Å². The molecule has 6 nitrogen and oxygen atoms in total. The second-order valence-electron chi connectivity index (χ2n) is 6.90. The topological polar surface area (TPSA) is 83.1 Å². The zero-order valence-corrected chi connectivity index (χ0v) is 17.4. The Bertz CT molecular complexity index is 1410. The Morgan fingerprint density at radius 2 is 2.03 bits per heavy atom. The van der Waals surface area contributed by atoms with E-state index in [2.05, 4.69) is 31.7 Å². The molecule has 0 saturated heterocycles. The van der Waals surface area contributed by atoms with E-state index in [4.69, 9.17) is 4.98 Å². The monoisotopic (exact) mass is 428 g/mol. The Labute approximate surface area is 181 Å². The van der Waals surface area contributed by atoms with Gasteiger partial charge in [0.1, 0.15) is 17.8 Å². The predicted octanol–water partition coefficient (Wildman–Crippen LogP) is 5.54. The number of fused-ring (bicyclic) bond motifs is 1. The summed E-state index contributed by atoms with van der Waals surface area (Å²) in [5.74, 6) is 0.0948. The Kier molecular flexibility index (Phi) is 4.76. The number of rotatable bonds is 5. The molecule has 0 aliphatic carbocycles. The highest BCUT2D eigenvalue weighted by molar-refractivity contribution is 7.11. The first-order valence-corrected chi connectivity index (χ1v) is 10.4. The first-order chi connectivity index (χ1) is 15.2. The second-order valence-corrected chi connectivity index (χ2v) is 7.85. The number of aromatic nitrogens is 6. The number of nitrogens with zero attached hydrogens (tertiary/aromatic N) is 4. The van der Waals surface area contributed by atoms with Gasteiger partial charge in [0.05, 0.1) is 16.6 Å². The Morgan fingerprint density at radius 1 is 1.19 bits per heavy atom. The van der Waals surface area contributed by atoms with Crippen molar-refractivity contribution >= 4 is 27.8 Å². The molecule has 0 fully saturated rings. The highest BCUT2D eigenvalue weighted by atomic mass is 32.1. The van der Waals surface area contributed by atoms with Crippen LogP contribution in [0.2, 0.25) is 0 Å². The van der Waals surface area contributed by atoms with Crippen molar-refractivity contribution in [3.8, 4) is 22.6 Å². The molecule has 152 valence electrons. The van der Waals surface area contributed by atoms with Gasteiger partial charge in [-0.15, -0.1) is 11.3 Å². The van der Waals surface area contributed by atoms with Crippen molar-refractivity contribution in [2.45, 2.75) is 6.92 Å². The van der Waals surface area contributed by atoms with Gasteiger partial charge in [0.25, 0.3) is 0 Å². The van der Waals surface area contributed by atoms with E-state index >= 15 is 4.39 Å². The van der Waals surface area contributed by atoms with Crippen LogP contribution in [0.25, 0.3) is 39.1 Å². The maximum absolute atomic E-state index is 15.6. The van der Waals surface area contributed by atoms with Crippen LogP contribution in [-0.2, 0) is 0 Å². The summed E-state index contributed by atoms with van der Waals surface area (Å²) in [7, 11) is 0. The number of imidazole rings is 1. The van der Waals surface area contributed by atoms with E-state index in [9.17, 15) is 0 Å². The summed E-state index contributed by atoms with van der Waals surface area (Å²) in [6.07, 6.45) is 8.24. The largest absolute Gasteiger partial charge is 0.340 e. The molecular formula is C23H17FN6S. The zero-order chi connectivity index (χ0) is 21.4. The molecule has 4 aromatic heterocycles. The Morgan fingerprint density at radius 3 is 2.77 bits per heavy atom. The van der Waals surface area contributed by atoms with Crippen molar-refractivity contribution in [2.75, 3.05) is 0 Å². The van der Waals surface area contributed by atoms with Crippen molar-refractivity contribution in [2.24, 2.45) is 0 Å². The van der Waals surface area contributed by atoms with E-state index < -0.39 is 5.82 Å². The van der Waals surface area contributed by atoms with Crippen molar-refractivity contribution in [3.05, 3.63) is 89.2 Å². The van der Waals surface area contributed by atoms with E-state index in [1.165, 1.54) is 6.33 Å². The summed E-state index contributed by atoms with van der Waals surface area (Å²) in [5.41, 5.74) is 4.60. The average molecular weight is 428 g/mol. The highest BCUT2D eigenvalue weighted by Gasteiger charge is 2.21. The summed E-state index contributed by atoms with van der Waals surface area (Å²) in [6.45, 7) is 5.77. The second kappa shape index (κ2) is 7.73. The number of aryl methyl sites for hydroxylation is 1. The first kappa shape index (κ1) is 19.1. The molecule has 0 aliphatic heterocycles. The summed E-state index contributed by atoms with van der Waals surface area (Å²) < 4.78 is 15.6. The predicted molar refractivity (Wildman–Crippen MR) is 121 cm³/mol. The van der Waals surface area contributed by atoms with Gasteiger partial charge in [0.15, 0.2) is 5.82 Å². The summed E-state index contributed by atoms with van der Waals surface area (Å²) >= 11 is 1.62. The van der Waals surface area contributed by atoms with Crippen LogP contribution in [0.5, 0.6) is 0 Å². The third-order valence-corrected chi connectivity index (χ3v) is 5.88. The van der Waals surface area contributed by atoms with Gasteiger partial charge in [-0.1, -0.05) is 24.8 Å². The SMILES string of the molecule is C=C/C=C(/c1cccs1)c1nc(-c2n[nH]c3ccc(-c4cncnc4)c(F)c23)[nH]c1C. The summed E-state index contributed by atoms with van der Waals surface area (Å²) in [5, 5.41) is 9.65. The average Bonchev–Trinajstić information content (AvgIpc) is 3.53. The molecule has 0 unspecified atom stereocenters. The normalized spacial score (nSPS) is 11.9. The van der Waals surface area contributed by atoms with Gasteiger partial charge < -0.3 is 4.98 Å². The maximum atomic E-state index is 15.6. The smallest absolute Gasteiger partial charge is 0.159 e. The molecule has 2 N–H and O–H groups in total. The van der Waals surface area contributed by atoms with Crippen molar-refractivity contribution in [3.63, 3.8) is 0 Å². The number of aromatic amines is 2. The van der Waals surface area contributed by atoms with E-state index in [0.717, 1.165) is 21.8 Å². The highest BCUT2D eigenvalue weighted by Crippen LogP contribution is 2.35. The molecule has 0 saturated carbocycles. The summed E-state index contributed by atoms with van der Waals surface area (Å²) in [6, 6.07) is 7.51. The number of benzene rings is 1. The molecule has 31 heavy (non-hydrogen) atoms. The lowest BCUT2D eigenvalue weighted by molar-refractivity contribution is 0.643. The molecule has 0 amide bonds. The fraction of sp³-hybridized carbons (Fsp3) is 0.0435. The van der Waals surface area contributed by atoms with Crippen LogP contribution >= 0.6 is 11.3 Å². The third-order valence-electron chi connectivity index (χ3n) is 4.97. The van der Waals surface area contributed by atoms with Crippen molar-refractivity contribution < 1.29 is 4.39 Å². The fourth-order valence-electron chi connectivity index (χ4n) is 3.57. The van der Waals surface area contributed by atoms with E-state index in [1.54, 1.807) is 41.9 Å². The van der Waals surface area contributed by atoms with Crippen LogP contribution in [0.1, 0.15) is 16.3 Å². The minimum absolute atomic E-state index is 0.368. The fourth-order valence-corrected chi connectivity index (χ4v) is 4.32. The molecule has 1 aromatic carbocycles. The number of hydrogen-bond donors (Lipinski definition) is 2. The number of nitrogens with one attached hydrogen (secondary N) is 2. The Balaban J connectivity index is 1.67. The molecule has 8 heteroatoms. The molecule has 0 bridgehead atoms. The lowest BCUT2D eigenvalue weighted by Crippen LogP contribution is -1.90. The minimum Gasteiger partial charge on any atom is -0.340 e. The lowest BCUT2D eigenvalue weighted by Gasteiger charge is -2.04. The molecule has 0 radical (unpaired) electrons. The first-order valence-electron chi connectivity index (χ1n) is 9.53. The van der Waals surface area contributed by atoms with Crippen LogP contribution < -0.4 is 0 Å². The standard InChI is InChI=1S/C23H17FN6S/c1-3-5-16(18-6-4-9-31-18)21-13(2)27-23(28-21)22-19-17(29-30-22)8-7-15(20(19)24)14-10-25-12-26-11-14/h3-12H,1H2,2H3,(H,27,28)(H,29,30)/b16-5-.